The van der Waals surface area contributed by atoms with Crippen molar-refractivity contribution in [1.29, 1.82) is 0 Å². The molecule has 62 valence electrons. The average Bonchev–Trinajstić information content (AvgIpc) is 1.78. The van der Waals surface area contributed by atoms with E-state index in [0.717, 1.165) is 6.32 Å². The van der Waals surface area contributed by atoms with Crippen LogP contribution in [0.5, 0.6) is 0 Å². The Morgan fingerprint density at radius 2 is 1.80 bits per heavy atom. The zero-order valence-electron chi connectivity index (χ0n) is 6.08. The van der Waals surface area contributed by atoms with Crippen LogP contribution >= 0.6 is 7.94 Å². The van der Waals surface area contributed by atoms with E-state index in [1.165, 1.54) is 0 Å². The molecule has 0 aliphatic rings. The summed E-state index contributed by atoms with van der Waals surface area (Å²) in [6.07, 6.45) is 0.865. The summed E-state index contributed by atoms with van der Waals surface area (Å²) >= 11 is 0. The van der Waals surface area contributed by atoms with Gasteiger partial charge in [0.15, 0.2) is 0 Å². The van der Waals surface area contributed by atoms with Crippen LogP contribution in [0.15, 0.2) is 0 Å². The molecule has 0 aromatic rings. The Bertz CT molecular complexity index is 83.8. The van der Waals surface area contributed by atoms with Crippen molar-refractivity contribution in [1.82, 2.24) is 0 Å². The number of hydrogen-bond acceptors (Lipinski definition) is 4. The van der Waals surface area contributed by atoms with Gasteiger partial charge in [-0.2, -0.15) is 0 Å². The molecule has 0 bridgehead atoms. The zero-order chi connectivity index (χ0) is 8.04. The minimum absolute atomic E-state index is 0.0347. The van der Waals surface area contributed by atoms with E-state index in [1.807, 2.05) is 7.85 Å². The number of hydrogen-bond donors (Lipinski definition) is 3. The van der Waals surface area contributed by atoms with E-state index < -0.39 is 7.94 Å². The molecule has 0 amide bonds. The Morgan fingerprint density at radius 3 is 2.20 bits per heavy atom. The zero-order valence-corrected chi connectivity index (χ0v) is 7.08. The molecule has 0 aliphatic heterocycles. The third-order valence-electron chi connectivity index (χ3n) is 0.930. The van der Waals surface area contributed by atoms with Gasteiger partial charge in [-0.15, -0.1) is 0 Å². The predicted octanol–water partition coefficient (Wildman–Crippen LogP) is -1.47. The molecule has 0 rings (SSSR count). The van der Waals surface area contributed by atoms with Crippen LogP contribution in [0.1, 0.15) is 0 Å². The molecule has 0 unspecified atom stereocenters. The first kappa shape index (κ1) is 10.3. The molecular weight excluding hydrogens is 154 g/mol. The summed E-state index contributed by atoms with van der Waals surface area (Å²) < 4.78 is 4.91. The third-order valence-corrected chi connectivity index (χ3v) is 1.81. The second-order valence-corrected chi connectivity index (χ2v) is 4.19. The minimum atomic E-state index is -3.83. The van der Waals surface area contributed by atoms with Crippen molar-refractivity contribution in [2.24, 2.45) is 0 Å². The summed E-state index contributed by atoms with van der Waals surface area (Å²) in [4.78, 5) is 25.5. The van der Waals surface area contributed by atoms with Gasteiger partial charge in [-0.05, 0) is 0 Å². The summed E-state index contributed by atoms with van der Waals surface area (Å²) in [5.41, 5.74) is 0. The molecule has 0 saturated carbocycles. The molecule has 0 aliphatic carbocycles. The molecule has 0 aromatic heterocycles. The van der Waals surface area contributed by atoms with Crippen LogP contribution in [0.25, 0.3) is 0 Å². The van der Waals surface area contributed by atoms with Gasteiger partial charge < -0.3 is 0 Å². The van der Waals surface area contributed by atoms with Crippen LogP contribution < -0.4 is 0 Å². The van der Waals surface area contributed by atoms with Crippen LogP contribution in [0, 0.1) is 0 Å². The summed E-state index contributed by atoms with van der Waals surface area (Å²) in [6.45, 7) is 0.827. The molecule has 0 fully saturated rings. The van der Waals surface area contributed by atoms with E-state index in [1.54, 1.807) is 0 Å². The molecule has 10 heavy (non-hydrogen) atoms. The molecule has 0 atom stereocenters. The van der Waals surface area contributed by atoms with Gasteiger partial charge in [0.25, 0.3) is 0 Å². The van der Waals surface area contributed by atoms with Gasteiger partial charge in [-0.25, -0.2) is 0 Å². The van der Waals surface area contributed by atoms with Crippen LogP contribution in [0.4, 0.5) is 0 Å². The molecular formula is C4H14BO4P. The van der Waals surface area contributed by atoms with E-state index in [-0.39, 0.29) is 12.8 Å². The van der Waals surface area contributed by atoms with E-state index >= 15 is 0 Å². The van der Waals surface area contributed by atoms with Crippen molar-refractivity contribution in [3.05, 3.63) is 0 Å². The average molecular weight is 168 g/mol. The van der Waals surface area contributed by atoms with Crippen LogP contribution in [-0.4, -0.2) is 41.9 Å². The van der Waals surface area contributed by atoms with Crippen molar-refractivity contribution in [2.75, 3.05) is 19.4 Å². The van der Waals surface area contributed by atoms with Gasteiger partial charge in [0.2, 0.25) is 0 Å². The van der Waals surface area contributed by atoms with Crippen molar-refractivity contribution in [2.45, 2.75) is 6.32 Å². The van der Waals surface area contributed by atoms with Crippen LogP contribution in [0.2, 0.25) is 6.32 Å². The standard InChI is InChI=1S/C4H14BO4P/c5-1-2-9-3-4-10(6,7)8/h6-8,10H,1-5H2. The molecule has 0 saturated heterocycles. The van der Waals surface area contributed by atoms with Gasteiger partial charge in [0.05, 0.1) is 0 Å². The molecule has 0 spiro atoms. The van der Waals surface area contributed by atoms with Crippen molar-refractivity contribution in [3.8, 4) is 0 Å². The summed E-state index contributed by atoms with van der Waals surface area (Å²) in [5.74, 6) is 0. The Labute approximate surface area is 61.8 Å². The van der Waals surface area contributed by atoms with Gasteiger partial charge in [0.1, 0.15) is 0 Å². The molecule has 6 heteroatoms. The van der Waals surface area contributed by atoms with Gasteiger partial charge in [-0.1, -0.05) is 0 Å². The second kappa shape index (κ2) is 5.05. The van der Waals surface area contributed by atoms with Crippen molar-refractivity contribution in [3.63, 3.8) is 0 Å². The molecule has 0 radical (unpaired) electrons. The molecule has 0 aromatic carbocycles. The second-order valence-electron chi connectivity index (χ2n) is 2.14. The van der Waals surface area contributed by atoms with Crippen molar-refractivity contribution < 1.29 is 19.4 Å². The van der Waals surface area contributed by atoms with E-state index in [2.05, 4.69) is 0 Å². The van der Waals surface area contributed by atoms with Crippen LogP contribution in [0.3, 0.4) is 0 Å². The topological polar surface area (TPSA) is 69.9 Å². The van der Waals surface area contributed by atoms with E-state index in [9.17, 15) is 0 Å². The maximum absolute atomic E-state index is 8.49. The Hall–Kier alpha value is 0.335. The SMILES string of the molecule is BCCOCC[PH](O)(O)O. The first-order valence-corrected chi connectivity index (χ1v) is 5.36. The van der Waals surface area contributed by atoms with Gasteiger partial charge >= 0.3 is 60.9 Å². The quantitative estimate of drug-likeness (QED) is 0.266. The van der Waals surface area contributed by atoms with E-state index in [4.69, 9.17) is 19.4 Å². The third kappa shape index (κ3) is 8.33. The maximum atomic E-state index is 8.49. The molecule has 4 nitrogen and oxygen atoms in total. The summed E-state index contributed by atoms with van der Waals surface area (Å²) in [7, 11) is -1.87. The number of ether oxygens (including phenoxy) is 1. The summed E-state index contributed by atoms with van der Waals surface area (Å²) in [6, 6.07) is 0. The fourth-order valence-electron chi connectivity index (χ4n) is 0.455. The molecule has 3 N–H and O–H groups in total. The fraction of sp³-hybridized carbons (Fsp3) is 1.00. The van der Waals surface area contributed by atoms with Gasteiger partial charge in [-0.3, -0.25) is 0 Å². The van der Waals surface area contributed by atoms with Crippen LogP contribution in [-0.2, 0) is 4.74 Å². The van der Waals surface area contributed by atoms with Gasteiger partial charge in [0, 0.05) is 0 Å². The van der Waals surface area contributed by atoms with Crippen molar-refractivity contribution >= 4 is 15.8 Å². The summed E-state index contributed by atoms with van der Waals surface area (Å²) in [5, 5.41) is 0. The first-order valence-electron chi connectivity index (χ1n) is 3.31. The fourth-order valence-corrected chi connectivity index (χ4v) is 0.874. The number of rotatable bonds is 5. The van der Waals surface area contributed by atoms with E-state index in [0.29, 0.717) is 6.61 Å². The Morgan fingerprint density at radius 1 is 1.20 bits per heavy atom. The first-order chi connectivity index (χ1) is 4.56. The monoisotopic (exact) mass is 168 g/mol. The predicted molar refractivity (Wildman–Crippen MR) is 44.0 cm³/mol. The Kier molecular flexibility index (Phi) is 5.22. The normalized spacial score (nSPS) is 13.5. The molecule has 0 heterocycles. The Balaban J connectivity index is 3.04.